The number of carbonyl (C=O) groups excluding carboxylic acids is 3. The Balaban J connectivity index is 1.75. The van der Waals surface area contributed by atoms with Gasteiger partial charge in [-0.1, -0.05) is 0 Å². The summed E-state index contributed by atoms with van der Waals surface area (Å²) in [5.74, 6) is -2.26. The summed E-state index contributed by atoms with van der Waals surface area (Å²) in [5, 5.41) is 13.0. The van der Waals surface area contributed by atoms with Crippen LogP contribution in [0.3, 0.4) is 0 Å². The number of nitrogens with one attached hydrogen (secondary N) is 2. The molecule has 31 heavy (non-hydrogen) atoms. The van der Waals surface area contributed by atoms with Gasteiger partial charge in [0.1, 0.15) is 5.82 Å². The second-order valence-corrected chi connectivity index (χ2v) is 7.41. The Hall–Kier alpha value is -3.62. The summed E-state index contributed by atoms with van der Waals surface area (Å²) < 4.78 is 15.0. The highest BCUT2D eigenvalue weighted by Crippen LogP contribution is 2.23. The van der Waals surface area contributed by atoms with Gasteiger partial charge in [0.2, 0.25) is 0 Å². The summed E-state index contributed by atoms with van der Waals surface area (Å²) in [5.41, 5.74) is 3.09. The Labute approximate surface area is 179 Å². The maximum atomic E-state index is 13.5. The summed E-state index contributed by atoms with van der Waals surface area (Å²) in [6.07, 6.45) is 2.83. The summed E-state index contributed by atoms with van der Waals surface area (Å²) >= 11 is 0. The predicted octanol–water partition coefficient (Wildman–Crippen LogP) is 2.86. The van der Waals surface area contributed by atoms with Gasteiger partial charge in [0.05, 0.1) is 11.3 Å². The van der Waals surface area contributed by atoms with Crippen molar-refractivity contribution in [3.63, 3.8) is 0 Å². The number of rotatable bonds is 7. The quantitative estimate of drug-likeness (QED) is 0.526. The third-order valence-electron chi connectivity index (χ3n) is 5.30. The van der Waals surface area contributed by atoms with Gasteiger partial charge < -0.3 is 15.2 Å². The first-order chi connectivity index (χ1) is 14.7. The molecule has 1 aliphatic rings. The fraction of sp³-hybridized carbons (Fsp3) is 0.318. The molecule has 0 saturated carbocycles. The average molecular weight is 425 g/mol. The van der Waals surface area contributed by atoms with E-state index in [1.165, 1.54) is 22.8 Å². The minimum absolute atomic E-state index is 0.150. The van der Waals surface area contributed by atoms with Crippen LogP contribution in [0.5, 0.6) is 0 Å². The van der Waals surface area contributed by atoms with E-state index in [2.05, 4.69) is 20.8 Å². The van der Waals surface area contributed by atoms with Gasteiger partial charge in [-0.15, -0.1) is 0 Å². The van der Waals surface area contributed by atoms with Crippen molar-refractivity contribution < 1.29 is 18.8 Å². The number of hydrogen-bond donors (Lipinski definition) is 2. The molecule has 1 aromatic carbocycles. The lowest BCUT2D eigenvalue weighted by molar-refractivity contribution is -0.117. The number of nitrogens with zero attached hydrogens (tertiary/aromatic N) is 3. The number of halogens is 1. The topological polar surface area (TPSA) is 105 Å². The van der Waals surface area contributed by atoms with E-state index in [0.717, 1.165) is 5.71 Å². The summed E-state index contributed by atoms with van der Waals surface area (Å²) in [6, 6.07) is 4.27. The molecule has 1 aromatic heterocycles. The minimum atomic E-state index is -0.746. The fourth-order valence-corrected chi connectivity index (χ4v) is 3.52. The lowest BCUT2D eigenvalue weighted by atomic mass is 10.1. The maximum Gasteiger partial charge on any atom is 0.294 e. The Morgan fingerprint density at radius 3 is 2.58 bits per heavy atom. The zero-order valence-electron chi connectivity index (χ0n) is 17.9. The summed E-state index contributed by atoms with van der Waals surface area (Å²) in [6.45, 7) is 5.20. The summed E-state index contributed by atoms with van der Waals surface area (Å²) in [7, 11) is 1.63. The molecule has 2 aromatic rings. The van der Waals surface area contributed by atoms with Crippen molar-refractivity contribution >= 4 is 35.2 Å². The molecule has 0 saturated heterocycles. The van der Waals surface area contributed by atoms with Crippen LogP contribution in [0.25, 0.3) is 0 Å². The molecule has 2 amide bonds. The molecule has 2 N–H and O–H groups in total. The summed E-state index contributed by atoms with van der Waals surface area (Å²) in [4.78, 5) is 38.0. The Morgan fingerprint density at radius 2 is 1.94 bits per heavy atom. The van der Waals surface area contributed by atoms with E-state index in [1.807, 2.05) is 0 Å². The Bertz CT molecular complexity index is 1130. The van der Waals surface area contributed by atoms with Crippen molar-refractivity contribution in [3.05, 3.63) is 52.1 Å². The number of benzene rings is 1. The minimum Gasteiger partial charge on any atom is -0.349 e. The second kappa shape index (κ2) is 9.03. The highest BCUT2D eigenvalue weighted by molar-refractivity contribution is 6.43. The molecule has 0 spiro atoms. The van der Waals surface area contributed by atoms with Crippen LogP contribution in [0.15, 0.2) is 28.4 Å². The van der Waals surface area contributed by atoms with Crippen LogP contribution in [-0.2, 0) is 11.8 Å². The van der Waals surface area contributed by atoms with Crippen LogP contribution < -0.4 is 10.6 Å². The largest absolute Gasteiger partial charge is 0.349 e. The number of aryl methyl sites for hydroxylation is 1. The Kier molecular flexibility index (Phi) is 6.43. The molecule has 0 aliphatic carbocycles. The molecule has 0 unspecified atom stereocenters. The van der Waals surface area contributed by atoms with Crippen LogP contribution >= 0.6 is 0 Å². The molecule has 0 bridgehead atoms. The van der Waals surface area contributed by atoms with Crippen LogP contribution in [0.4, 0.5) is 10.1 Å². The van der Waals surface area contributed by atoms with Crippen molar-refractivity contribution in [1.29, 1.82) is 0 Å². The normalized spacial score (nSPS) is 12.6. The predicted molar refractivity (Wildman–Crippen MR) is 116 cm³/mol. The van der Waals surface area contributed by atoms with Crippen molar-refractivity contribution in [2.24, 2.45) is 17.3 Å². The highest BCUT2D eigenvalue weighted by atomic mass is 19.1. The lowest BCUT2D eigenvalue weighted by Gasteiger charge is -2.07. The highest BCUT2D eigenvalue weighted by Gasteiger charge is 2.28. The van der Waals surface area contributed by atoms with E-state index < -0.39 is 17.6 Å². The molecule has 8 nitrogen and oxygen atoms in total. The van der Waals surface area contributed by atoms with Crippen LogP contribution in [0.2, 0.25) is 0 Å². The number of hydrogen-bond acceptors (Lipinski definition) is 5. The molecule has 162 valence electrons. The van der Waals surface area contributed by atoms with E-state index in [9.17, 15) is 18.8 Å². The van der Waals surface area contributed by atoms with Crippen LogP contribution in [-0.4, -0.2) is 40.6 Å². The first-order valence-electron chi connectivity index (χ1n) is 9.83. The number of amides is 2. The van der Waals surface area contributed by atoms with Gasteiger partial charge in [-0.25, -0.2) is 4.39 Å². The smallest absolute Gasteiger partial charge is 0.294 e. The first-order valence-corrected chi connectivity index (χ1v) is 9.83. The number of aromatic nitrogens is 1. The van der Waals surface area contributed by atoms with Crippen molar-refractivity contribution in [2.75, 3.05) is 11.9 Å². The lowest BCUT2D eigenvalue weighted by Crippen LogP contribution is -2.34. The number of anilines is 1. The maximum absolute atomic E-state index is 13.5. The SMILES string of the molecule is Cc1cc(NC(=O)c2c(C)c(C(=O)C(=O)NCCC3=NN=CC3)n(C)c2C)ccc1F. The van der Waals surface area contributed by atoms with Crippen LogP contribution in [0.1, 0.15) is 50.5 Å². The average Bonchev–Trinajstić information content (AvgIpc) is 3.31. The fourth-order valence-electron chi connectivity index (χ4n) is 3.52. The van der Waals surface area contributed by atoms with Gasteiger partial charge in [0, 0.05) is 49.7 Å². The molecule has 0 atom stereocenters. The van der Waals surface area contributed by atoms with Gasteiger partial charge >= 0.3 is 0 Å². The molecule has 1 aliphatic heterocycles. The molecule has 0 fully saturated rings. The second-order valence-electron chi connectivity index (χ2n) is 7.41. The van der Waals surface area contributed by atoms with Gasteiger partial charge in [0.15, 0.2) is 0 Å². The molecular weight excluding hydrogens is 401 g/mol. The van der Waals surface area contributed by atoms with Crippen molar-refractivity contribution in [1.82, 2.24) is 9.88 Å². The number of Topliss-reactive ketones (excluding diaryl/α,β-unsaturated/α-hetero) is 1. The van der Waals surface area contributed by atoms with Gasteiger partial charge in [-0.05, 0) is 50.1 Å². The molecule has 2 heterocycles. The molecular formula is C22H24FN5O3. The van der Waals surface area contributed by atoms with Gasteiger partial charge in [-0.3, -0.25) is 14.4 Å². The molecule has 0 radical (unpaired) electrons. The van der Waals surface area contributed by atoms with E-state index in [-0.39, 0.29) is 18.1 Å². The van der Waals surface area contributed by atoms with E-state index in [4.69, 9.17) is 0 Å². The van der Waals surface area contributed by atoms with E-state index >= 15 is 0 Å². The third kappa shape index (κ3) is 4.60. The number of ketones is 1. The number of carbonyl (C=O) groups is 3. The monoisotopic (exact) mass is 425 g/mol. The van der Waals surface area contributed by atoms with Gasteiger partial charge in [-0.2, -0.15) is 10.2 Å². The zero-order valence-corrected chi connectivity index (χ0v) is 17.9. The zero-order chi connectivity index (χ0) is 22.7. The van der Waals surface area contributed by atoms with E-state index in [0.29, 0.717) is 40.9 Å². The van der Waals surface area contributed by atoms with Crippen molar-refractivity contribution in [3.8, 4) is 0 Å². The van der Waals surface area contributed by atoms with E-state index in [1.54, 1.807) is 34.0 Å². The first kappa shape index (κ1) is 22.1. The standard InChI is InChI=1S/C22H24FN5O3/c1-12-11-16(5-6-17(12)23)26-21(30)18-13(2)19(28(4)14(18)3)20(29)22(31)24-9-7-15-8-10-25-27-15/h5-6,10-11H,7-9H2,1-4H3,(H,24,31)(H,26,30). The molecule has 9 heteroatoms. The van der Waals surface area contributed by atoms with Crippen LogP contribution in [0, 0.1) is 26.6 Å². The van der Waals surface area contributed by atoms with Gasteiger partial charge in [0.25, 0.3) is 17.6 Å². The Morgan fingerprint density at radius 1 is 1.19 bits per heavy atom. The van der Waals surface area contributed by atoms with Crippen molar-refractivity contribution in [2.45, 2.75) is 33.6 Å². The third-order valence-corrected chi connectivity index (χ3v) is 5.30. The molecule has 3 rings (SSSR count).